The van der Waals surface area contributed by atoms with Gasteiger partial charge in [0.2, 0.25) is 0 Å². The second kappa shape index (κ2) is 4.23. The molecular weight excluding hydrogens is 200 g/mol. The molecule has 1 saturated heterocycles. The van der Waals surface area contributed by atoms with E-state index in [0.717, 1.165) is 0 Å². The van der Waals surface area contributed by atoms with Gasteiger partial charge in [-0.2, -0.15) is 0 Å². The number of aliphatic hydroxyl groups is 2. The van der Waals surface area contributed by atoms with E-state index in [0.29, 0.717) is 0 Å². The molecule has 1 heterocycles. The van der Waals surface area contributed by atoms with Gasteiger partial charge in [0, 0.05) is 0 Å². The summed E-state index contributed by atoms with van der Waals surface area (Å²) >= 11 is 1.40. The molecule has 0 saturated carbocycles. The zero-order chi connectivity index (χ0) is 10.9. The molecule has 4 atom stereocenters. The third-order valence-corrected chi connectivity index (χ3v) is 3.68. The van der Waals surface area contributed by atoms with E-state index in [1.165, 1.54) is 11.8 Å². The lowest BCUT2D eigenvalue weighted by Crippen LogP contribution is -2.45. The molecule has 0 amide bonds. The van der Waals surface area contributed by atoms with Crippen LogP contribution >= 0.6 is 11.8 Å². The van der Waals surface area contributed by atoms with Gasteiger partial charge in [0.1, 0.15) is 23.2 Å². The van der Waals surface area contributed by atoms with Crippen LogP contribution in [0.15, 0.2) is 12.7 Å². The van der Waals surface area contributed by atoms with Crippen molar-refractivity contribution in [3.05, 3.63) is 12.7 Å². The Kier molecular flexibility index (Phi) is 3.63. The van der Waals surface area contributed by atoms with Crippen LogP contribution in [0.4, 0.5) is 0 Å². The molecule has 2 N–H and O–H groups in total. The monoisotopic (exact) mass is 218 g/mol. The molecule has 82 valence electrons. The van der Waals surface area contributed by atoms with Gasteiger partial charge in [0.05, 0.1) is 0 Å². The largest absolute Gasteiger partial charge is 0.387 e. The van der Waals surface area contributed by atoms with Gasteiger partial charge in [-0.25, -0.2) is 0 Å². The van der Waals surface area contributed by atoms with Gasteiger partial charge in [0.25, 0.3) is 0 Å². The Morgan fingerprint density at radius 2 is 2.07 bits per heavy atom. The number of hydrogen-bond acceptors (Lipinski definition) is 4. The zero-order valence-corrected chi connectivity index (χ0v) is 9.62. The predicted octanol–water partition coefficient (Wildman–Crippen LogP) is 1.01. The van der Waals surface area contributed by atoms with Crippen molar-refractivity contribution >= 4 is 11.8 Å². The van der Waals surface area contributed by atoms with Crippen molar-refractivity contribution in [2.45, 2.75) is 37.1 Å². The van der Waals surface area contributed by atoms with E-state index in [-0.39, 0.29) is 11.4 Å². The quantitative estimate of drug-likeness (QED) is 0.694. The summed E-state index contributed by atoms with van der Waals surface area (Å²) in [6.45, 7) is 7.57. The SMILES string of the molecule is C=CC1(C(C)C)OC(SC)C(O)C1O. The highest BCUT2D eigenvalue weighted by atomic mass is 32.2. The lowest BCUT2D eigenvalue weighted by Gasteiger charge is -2.32. The molecule has 0 bridgehead atoms. The maximum atomic E-state index is 9.92. The van der Waals surface area contributed by atoms with E-state index in [2.05, 4.69) is 6.58 Å². The fourth-order valence-corrected chi connectivity index (χ4v) is 2.52. The molecular formula is C10H18O3S. The number of aliphatic hydroxyl groups excluding tert-OH is 2. The first-order valence-electron chi connectivity index (χ1n) is 4.70. The smallest absolute Gasteiger partial charge is 0.132 e. The highest BCUT2D eigenvalue weighted by Crippen LogP contribution is 2.41. The lowest BCUT2D eigenvalue weighted by molar-refractivity contribution is -0.0622. The summed E-state index contributed by atoms with van der Waals surface area (Å²) < 4.78 is 5.68. The number of hydrogen-bond donors (Lipinski definition) is 2. The molecule has 0 aromatic heterocycles. The molecule has 14 heavy (non-hydrogen) atoms. The van der Waals surface area contributed by atoms with E-state index in [4.69, 9.17) is 4.74 Å². The van der Waals surface area contributed by atoms with Crippen molar-refractivity contribution < 1.29 is 14.9 Å². The molecule has 4 unspecified atom stereocenters. The first-order valence-corrected chi connectivity index (χ1v) is 5.98. The molecule has 1 rings (SSSR count). The van der Waals surface area contributed by atoms with Gasteiger partial charge in [-0.3, -0.25) is 0 Å². The minimum Gasteiger partial charge on any atom is -0.387 e. The van der Waals surface area contributed by atoms with E-state index >= 15 is 0 Å². The third kappa shape index (κ3) is 1.60. The normalized spacial score (nSPS) is 43.1. The van der Waals surface area contributed by atoms with Gasteiger partial charge in [-0.05, 0) is 12.2 Å². The Hall–Kier alpha value is -0.0300. The van der Waals surface area contributed by atoms with Gasteiger partial charge < -0.3 is 14.9 Å². The molecule has 1 aliphatic rings. The van der Waals surface area contributed by atoms with Crippen LogP contribution in [0.1, 0.15) is 13.8 Å². The first-order chi connectivity index (χ1) is 6.49. The van der Waals surface area contributed by atoms with Crippen LogP contribution in [0.2, 0.25) is 0 Å². The van der Waals surface area contributed by atoms with Gasteiger partial charge in [-0.1, -0.05) is 19.9 Å². The molecule has 0 aromatic rings. The Morgan fingerprint density at radius 1 is 1.50 bits per heavy atom. The lowest BCUT2D eigenvalue weighted by atomic mass is 9.84. The topological polar surface area (TPSA) is 49.7 Å². The summed E-state index contributed by atoms with van der Waals surface area (Å²) in [6, 6.07) is 0. The zero-order valence-electron chi connectivity index (χ0n) is 8.80. The second-order valence-electron chi connectivity index (χ2n) is 3.87. The Labute approximate surface area is 89.2 Å². The molecule has 1 fully saturated rings. The summed E-state index contributed by atoms with van der Waals surface area (Å²) in [6.07, 6.45) is 1.71. The Bertz CT molecular complexity index is 219. The average molecular weight is 218 g/mol. The first kappa shape index (κ1) is 12.0. The number of ether oxygens (including phenoxy) is 1. The van der Waals surface area contributed by atoms with E-state index in [1.807, 2.05) is 20.1 Å². The minimum absolute atomic E-state index is 0.0850. The molecule has 1 aliphatic heterocycles. The van der Waals surface area contributed by atoms with Crippen LogP contribution in [0.25, 0.3) is 0 Å². The molecule has 3 nitrogen and oxygen atoms in total. The van der Waals surface area contributed by atoms with Crippen molar-refractivity contribution in [2.75, 3.05) is 6.26 Å². The standard InChI is InChI=1S/C10H18O3S/c1-5-10(6(2)3)8(12)7(11)9(13-10)14-4/h5-9,11-12H,1H2,2-4H3. The fraction of sp³-hybridized carbons (Fsp3) is 0.800. The van der Waals surface area contributed by atoms with Crippen molar-refractivity contribution in [1.29, 1.82) is 0 Å². The summed E-state index contributed by atoms with van der Waals surface area (Å²) in [4.78, 5) is 0. The minimum atomic E-state index is -0.891. The second-order valence-corrected chi connectivity index (χ2v) is 4.81. The van der Waals surface area contributed by atoms with Crippen molar-refractivity contribution in [3.8, 4) is 0 Å². The fourth-order valence-electron chi connectivity index (χ4n) is 1.83. The highest BCUT2D eigenvalue weighted by Gasteiger charge is 2.53. The number of thioether (sulfide) groups is 1. The average Bonchev–Trinajstić information content (AvgIpc) is 2.42. The molecule has 4 heteroatoms. The Balaban J connectivity index is 2.95. The van der Waals surface area contributed by atoms with Crippen LogP contribution in [0.3, 0.4) is 0 Å². The molecule has 0 radical (unpaired) electrons. The maximum Gasteiger partial charge on any atom is 0.132 e. The van der Waals surface area contributed by atoms with Crippen molar-refractivity contribution in [2.24, 2.45) is 5.92 Å². The van der Waals surface area contributed by atoms with Crippen LogP contribution in [-0.2, 0) is 4.74 Å². The van der Waals surface area contributed by atoms with Crippen molar-refractivity contribution in [3.63, 3.8) is 0 Å². The van der Waals surface area contributed by atoms with E-state index < -0.39 is 17.8 Å². The molecule has 0 aromatic carbocycles. The van der Waals surface area contributed by atoms with E-state index in [9.17, 15) is 10.2 Å². The van der Waals surface area contributed by atoms with Crippen molar-refractivity contribution in [1.82, 2.24) is 0 Å². The summed E-state index contributed by atoms with van der Waals surface area (Å²) in [5, 5.41) is 19.6. The van der Waals surface area contributed by atoms with Crippen LogP contribution < -0.4 is 0 Å². The number of rotatable bonds is 3. The molecule has 0 spiro atoms. The highest BCUT2D eigenvalue weighted by molar-refractivity contribution is 7.99. The third-order valence-electron chi connectivity index (χ3n) is 2.84. The molecule has 0 aliphatic carbocycles. The van der Waals surface area contributed by atoms with E-state index in [1.54, 1.807) is 6.08 Å². The van der Waals surface area contributed by atoms with Gasteiger partial charge in [-0.15, -0.1) is 18.3 Å². The Morgan fingerprint density at radius 3 is 2.29 bits per heavy atom. The van der Waals surface area contributed by atoms with Gasteiger partial charge in [0.15, 0.2) is 0 Å². The summed E-state index contributed by atoms with van der Waals surface area (Å²) in [7, 11) is 0. The maximum absolute atomic E-state index is 9.92. The van der Waals surface area contributed by atoms with Crippen LogP contribution in [-0.4, -0.2) is 39.7 Å². The van der Waals surface area contributed by atoms with Crippen LogP contribution in [0, 0.1) is 5.92 Å². The summed E-state index contributed by atoms with van der Waals surface area (Å²) in [5.41, 5.74) is -1.18. The van der Waals surface area contributed by atoms with Gasteiger partial charge >= 0.3 is 0 Å². The predicted molar refractivity (Wildman–Crippen MR) is 58.2 cm³/mol. The summed E-state index contributed by atoms with van der Waals surface area (Å²) in [5.74, 6) is 0.0850. The van der Waals surface area contributed by atoms with Crippen LogP contribution in [0.5, 0.6) is 0 Å².